The van der Waals surface area contributed by atoms with E-state index in [1.165, 1.54) is 15.6 Å². The Morgan fingerprint density at radius 1 is 0.870 bits per heavy atom. The van der Waals surface area contributed by atoms with E-state index in [2.05, 4.69) is 15.7 Å². The zero-order valence-corrected chi connectivity index (χ0v) is 30.9. The average molecular weight is 750 g/mol. The molecule has 3 heterocycles. The fraction of sp³-hybridized carbons (Fsp3) is 0.605. The Balaban J connectivity index is 1.14. The number of hydrogen-bond acceptors (Lipinski definition) is 10. The van der Waals surface area contributed by atoms with Crippen LogP contribution in [0.25, 0.3) is 5.69 Å². The summed E-state index contributed by atoms with van der Waals surface area (Å²) in [7, 11) is 0. The van der Waals surface area contributed by atoms with Crippen LogP contribution in [0.2, 0.25) is 0 Å². The summed E-state index contributed by atoms with van der Waals surface area (Å²) in [5.74, 6) is -1.89. The molecule has 2 aromatic rings. The molecule has 5 amide bonds. The van der Waals surface area contributed by atoms with E-state index in [1.54, 1.807) is 41.0 Å². The molecule has 292 valence electrons. The van der Waals surface area contributed by atoms with Crippen LogP contribution in [0.15, 0.2) is 36.4 Å². The number of hydrogen-bond donors (Lipinski definition) is 2. The SMILES string of the molecule is CCOC(=O)N1CCN(C(=O)[C@H](CCC(=O)OC2CCCC2)NC(=O)c2cc(OCC(=O)N3CCC[C@H]3C(=O)NC3CCC3)n(-c3ccccc3)n2)CC1. The lowest BCUT2D eigenvalue weighted by atomic mass is 9.93. The van der Waals surface area contributed by atoms with E-state index in [-0.39, 0.29) is 87.8 Å². The number of likely N-dealkylation sites (tertiary alicyclic amines) is 1. The van der Waals surface area contributed by atoms with Gasteiger partial charge in [0.15, 0.2) is 12.3 Å². The maximum absolute atomic E-state index is 13.9. The highest BCUT2D eigenvalue weighted by Gasteiger charge is 2.36. The van der Waals surface area contributed by atoms with Crippen molar-refractivity contribution in [3.8, 4) is 11.6 Å². The van der Waals surface area contributed by atoms with Crippen molar-refractivity contribution in [2.75, 3.05) is 45.9 Å². The van der Waals surface area contributed by atoms with E-state index >= 15 is 0 Å². The van der Waals surface area contributed by atoms with Crippen LogP contribution in [0.3, 0.4) is 0 Å². The molecule has 4 fully saturated rings. The number of rotatable bonds is 14. The number of carbonyl (C=O) groups is 6. The standard InChI is InChI=1S/C38H51N7O9/c1-2-52-38(51)43-22-20-42(21-23-43)37(50)29(17-18-34(47)54-28-14-6-7-15-28)40-35(48)30-24-33(45(41-30)27-12-4-3-5-13-27)53-25-32(46)44-19-9-16-31(44)36(49)39-26-10-8-11-26/h3-5,12-13,24,26,28-29,31H,2,6-11,14-23,25H2,1H3,(H,39,49)(H,40,48)/t29-,31-/m0/s1. The third kappa shape index (κ3) is 9.68. The Kier molecular flexibility index (Phi) is 13.0. The monoisotopic (exact) mass is 749 g/mol. The molecule has 0 unspecified atom stereocenters. The highest BCUT2D eigenvalue weighted by molar-refractivity contribution is 5.96. The second-order valence-corrected chi connectivity index (χ2v) is 14.3. The number of benzene rings is 1. The Bertz CT molecular complexity index is 1650. The lowest BCUT2D eigenvalue weighted by Crippen LogP contribution is -2.56. The summed E-state index contributed by atoms with van der Waals surface area (Å²) in [6, 6.07) is 8.87. The third-order valence-electron chi connectivity index (χ3n) is 10.5. The smallest absolute Gasteiger partial charge is 0.409 e. The largest absolute Gasteiger partial charge is 0.467 e. The van der Waals surface area contributed by atoms with Crippen LogP contribution in [-0.2, 0) is 28.7 Å². The lowest BCUT2D eigenvalue weighted by molar-refractivity contribution is -0.149. The Morgan fingerprint density at radius 3 is 2.28 bits per heavy atom. The van der Waals surface area contributed by atoms with Crippen LogP contribution in [0.4, 0.5) is 4.79 Å². The summed E-state index contributed by atoms with van der Waals surface area (Å²) in [4.78, 5) is 83.7. The number of carbonyl (C=O) groups excluding carboxylic acids is 6. The number of ether oxygens (including phenoxy) is 3. The molecule has 2 N–H and O–H groups in total. The molecule has 2 aliphatic heterocycles. The van der Waals surface area contributed by atoms with Crippen molar-refractivity contribution in [1.82, 2.24) is 35.1 Å². The third-order valence-corrected chi connectivity index (χ3v) is 10.5. The Morgan fingerprint density at radius 2 is 1.59 bits per heavy atom. The summed E-state index contributed by atoms with van der Waals surface area (Å²) in [5, 5.41) is 10.3. The van der Waals surface area contributed by atoms with E-state index in [0.29, 0.717) is 25.1 Å². The highest BCUT2D eigenvalue weighted by atomic mass is 16.6. The van der Waals surface area contributed by atoms with Crippen LogP contribution in [0.5, 0.6) is 5.88 Å². The molecule has 16 heteroatoms. The summed E-state index contributed by atoms with van der Waals surface area (Å²) < 4.78 is 18.1. The number of esters is 1. The topological polar surface area (TPSA) is 182 Å². The molecule has 4 aliphatic rings. The zero-order valence-electron chi connectivity index (χ0n) is 30.9. The minimum absolute atomic E-state index is 0.00318. The lowest BCUT2D eigenvalue weighted by Gasteiger charge is -2.35. The van der Waals surface area contributed by atoms with Crippen molar-refractivity contribution >= 4 is 35.7 Å². The Hall–Kier alpha value is -5.15. The summed E-state index contributed by atoms with van der Waals surface area (Å²) in [6.45, 7) is 3.01. The molecule has 0 radical (unpaired) electrons. The molecule has 2 atom stereocenters. The van der Waals surface area contributed by atoms with Gasteiger partial charge in [0.05, 0.1) is 12.3 Å². The van der Waals surface area contributed by atoms with E-state index in [4.69, 9.17) is 14.2 Å². The van der Waals surface area contributed by atoms with Gasteiger partial charge in [-0.1, -0.05) is 18.2 Å². The summed E-state index contributed by atoms with van der Waals surface area (Å²) >= 11 is 0. The fourth-order valence-electron chi connectivity index (χ4n) is 7.29. The minimum Gasteiger partial charge on any atom is -0.467 e. The van der Waals surface area contributed by atoms with Gasteiger partial charge in [0.1, 0.15) is 18.2 Å². The summed E-state index contributed by atoms with van der Waals surface area (Å²) in [5.41, 5.74) is 0.498. The maximum atomic E-state index is 13.9. The molecule has 6 rings (SSSR count). The first kappa shape index (κ1) is 38.6. The maximum Gasteiger partial charge on any atom is 0.409 e. The van der Waals surface area contributed by atoms with Gasteiger partial charge in [-0.05, 0) is 83.3 Å². The first-order valence-electron chi connectivity index (χ1n) is 19.3. The molecule has 0 bridgehead atoms. The number of para-hydroxylation sites is 1. The van der Waals surface area contributed by atoms with Crippen LogP contribution in [-0.4, -0.2) is 130 Å². The van der Waals surface area contributed by atoms with Crippen molar-refractivity contribution in [1.29, 1.82) is 0 Å². The van der Waals surface area contributed by atoms with Crippen molar-refractivity contribution in [2.45, 2.75) is 102 Å². The first-order chi connectivity index (χ1) is 26.2. The van der Waals surface area contributed by atoms with Crippen LogP contribution < -0.4 is 15.4 Å². The predicted molar refractivity (Wildman–Crippen MR) is 194 cm³/mol. The number of amides is 5. The zero-order chi connectivity index (χ0) is 38.0. The highest BCUT2D eigenvalue weighted by Crippen LogP contribution is 2.25. The fourth-order valence-corrected chi connectivity index (χ4v) is 7.29. The average Bonchev–Trinajstić information content (AvgIpc) is 3.96. The second-order valence-electron chi connectivity index (χ2n) is 14.3. The van der Waals surface area contributed by atoms with Crippen molar-refractivity contribution < 1.29 is 43.0 Å². The van der Waals surface area contributed by atoms with Gasteiger partial charge < -0.3 is 39.5 Å². The minimum atomic E-state index is -1.09. The van der Waals surface area contributed by atoms with E-state index in [0.717, 1.165) is 44.9 Å². The Labute approximate surface area is 314 Å². The number of nitrogens with one attached hydrogen (secondary N) is 2. The predicted octanol–water partition coefficient (Wildman–Crippen LogP) is 2.58. The van der Waals surface area contributed by atoms with Gasteiger partial charge in [0.2, 0.25) is 17.7 Å². The van der Waals surface area contributed by atoms with Crippen molar-refractivity contribution in [3.05, 3.63) is 42.1 Å². The van der Waals surface area contributed by atoms with Crippen molar-refractivity contribution in [2.24, 2.45) is 0 Å². The normalized spacial score (nSPS) is 19.5. The second kappa shape index (κ2) is 18.3. The quantitative estimate of drug-likeness (QED) is 0.273. The number of nitrogens with zero attached hydrogens (tertiary/aromatic N) is 5. The number of piperazine rings is 1. The number of aromatic nitrogens is 2. The van der Waals surface area contributed by atoms with E-state index < -0.39 is 36.0 Å². The van der Waals surface area contributed by atoms with Crippen LogP contribution in [0.1, 0.15) is 88.0 Å². The molecule has 1 aromatic carbocycles. The van der Waals surface area contributed by atoms with Gasteiger partial charge in [-0.2, -0.15) is 5.10 Å². The van der Waals surface area contributed by atoms with Gasteiger partial charge in [0, 0.05) is 51.3 Å². The van der Waals surface area contributed by atoms with E-state index in [9.17, 15) is 28.8 Å². The van der Waals surface area contributed by atoms with Crippen molar-refractivity contribution in [3.63, 3.8) is 0 Å². The molecular formula is C38H51N7O9. The van der Waals surface area contributed by atoms with Gasteiger partial charge in [-0.3, -0.25) is 24.0 Å². The van der Waals surface area contributed by atoms with Crippen LogP contribution in [0, 0.1) is 0 Å². The van der Waals surface area contributed by atoms with Crippen LogP contribution >= 0.6 is 0 Å². The first-order valence-corrected chi connectivity index (χ1v) is 19.3. The molecule has 2 saturated carbocycles. The molecule has 54 heavy (non-hydrogen) atoms. The molecule has 0 spiro atoms. The molecule has 2 aliphatic carbocycles. The summed E-state index contributed by atoms with van der Waals surface area (Å²) in [6.07, 6.45) is 7.22. The van der Waals surface area contributed by atoms with Gasteiger partial charge in [-0.15, -0.1) is 0 Å². The molecule has 2 saturated heterocycles. The molecular weight excluding hydrogens is 698 g/mol. The van der Waals surface area contributed by atoms with Gasteiger partial charge >= 0.3 is 12.1 Å². The molecule has 1 aromatic heterocycles. The van der Waals surface area contributed by atoms with Gasteiger partial charge in [0.25, 0.3) is 11.8 Å². The van der Waals surface area contributed by atoms with E-state index in [1.807, 2.05) is 6.07 Å². The van der Waals surface area contributed by atoms with Gasteiger partial charge in [-0.25, -0.2) is 9.48 Å². The molecule has 16 nitrogen and oxygen atoms in total.